The Morgan fingerprint density at radius 3 is 2.30 bits per heavy atom. The molecular weight excluding hydrogens is 443 g/mol. The van der Waals surface area contributed by atoms with Gasteiger partial charge in [0.25, 0.3) is 10.0 Å². The van der Waals surface area contributed by atoms with Gasteiger partial charge in [-0.2, -0.15) is 13.2 Å². The van der Waals surface area contributed by atoms with Gasteiger partial charge in [0, 0.05) is 12.3 Å². The van der Waals surface area contributed by atoms with E-state index < -0.39 is 26.8 Å². The Hall–Kier alpha value is -2.85. The number of aromatic nitrogens is 2. The van der Waals surface area contributed by atoms with Gasteiger partial charge in [-0.25, -0.2) is 22.7 Å². The van der Waals surface area contributed by atoms with Gasteiger partial charge in [-0.05, 0) is 17.7 Å². The molecule has 0 aliphatic rings. The number of methoxy groups -OCH3 is 1. The molecule has 3 rings (SSSR count). The second-order valence-corrected chi connectivity index (χ2v) is 8.33. The molecule has 2 heterocycles. The van der Waals surface area contributed by atoms with Crippen LogP contribution in [-0.2, 0) is 22.7 Å². The quantitative estimate of drug-likeness (QED) is 0.543. The predicted molar refractivity (Wildman–Crippen MR) is 105 cm³/mol. The van der Waals surface area contributed by atoms with E-state index in [4.69, 9.17) is 16.3 Å². The first kappa shape index (κ1) is 21.8. The average Bonchev–Trinajstić information content (AvgIpc) is 2.72. The van der Waals surface area contributed by atoms with Crippen LogP contribution in [0.25, 0.3) is 0 Å². The fourth-order valence-corrected chi connectivity index (χ4v) is 4.25. The predicted octanol–water partition coefficient (Wildman–Crippen LogP) is 4.55. The summed E-state index contributed by atoms with van der Waals surface area (Å²) in [6.45, 7) is -0.201. The maximum absolute atomic E-state index is 13.3. The highest BCUT2D eigenvalue weighted by molar-refractivity contribution is 7.92. The van der Waals surface area contributed by atoms with Crippen LogP contribution in [0.5, 0.6) is 5.88 Å². The lowest BCUT2D eigenvalue weighted by atomic mass is 10.2. The Morgan fingerprint density at radius 1 is 1.07 bits per heavy atom. The lowest BCUT2D eigenvalue weighted by molar-refractivity contribution is -0.137. The molecule has 0 N–H and O–H groups in total. The second kappa shape index (κ2) is 8.49. The maximum Gasteiger partial charge on any atom is 0.417 e. The van der Waals surface area contributed by atoms with E-state index in [1.54, 1.807) is 30.3 Å². The molecule has 30 heavy (non-hydrogen) atoms. The minimum atomic E-state index is -4.67. The largest absolute Gasteiger partial charge is 0.481 e. The zero-order valence-corrected chi connectivity index (χ0v) is 17.0. The summed E-state index contributed by atoms with van der Waals surface area (Å²) in [7, 11) is -2.88. The lowest BCUT2D eigenvalue weighted by Crippen LogP contribution is -2.32. The number of hydrogen-bond acceptors (Lipinski definition) is 5. The van der Waals surface area contributed by atoms with Gasteiger partial charge < -0.3 is 4.74 Å². The number of pyridine rings is 2. The third-order valence-corrected chi connectivity index (χ3v) is 6.06. The van der Waals surface area contributed by atoms with E-state index in [9.17, 15) is 21.6 Å². The molecule has 0 atom stereocenters. The van der Waals surface area contributed by atoms with Crippen LogP contribution in [0.3, 0.4) is 0 Å². The molecule has 0 amide bonds. The molecule has 2 aromatic heterocycles. The smallest absolute Gasteiger partial charge is 0.417 e. The van der Waals surface area contributed by atoms with Gasteiger partial charge in [0.2, 0.25) is 5.88 Å². The Bertz CT molecular complexity index is 1130. The highest BCUT2D eigenvalue weighted by Gasteiger charge is 2.34. The van der Waals surface area contributed by atoms with Crippen molar-refractivity contribution in [2.45, 2.75) is 17.6 Å². The van der Waals surface area contributed by atoms with Crippen molar-refractivity contribution in [3.63, 3.8) is 0 Å². The first-order valence-electron chi connectivity index (χ1n) is 8.42. The average molecular weight is 458 g/mol. The maximum atomic E-state index is 13.3. The summed E-state index contributed by atoms with van der Waals surface area (Å²) in [5.41, 5.74) is -0.500. The molecule has 1 aromatic carbocycles. The zero-order valence-electron chi connectivity index (χ0n) is 15.5. The molecule has 0 fully saturated rings. The van der Waals surface area contributed by atoms with Gasteiger partial charge in [-0.1, -0.05) is 41.9 Å². The molecule has 11 heteroatoms. The summed E-state index contributed by atoms with van der Waals surface area (Å²) in [5, 5.41) is -0.453. The van der Waals surface area contributed by atoms with Crippen LogP contribution in [0, 0.1) is 0 Å². The number of anilines is 1. The van der Waals surface area contributed by atoms with Crippen molar-refractivity contribution in [2.24, 2.45) is 0 Å². The molecule has 0 spiro atoms. The fraction of sp³-hybridized carbons (Fsp3) is 0.158. The normalized spacial score (nSPS) is 11.9. The van der Waals surface area contributed by atoms with Gasteiger partial charge in [-0.15, -0.1) is 0 Å². The van der Waals surface area contributed by atoms with E-state index in [1.807, 2.05) is 0 Å². The molecule has 0 radical (unpaired) electrons. The van der Waals surface area contributed by atoms with Crippen molar-refractivity contribution in [3.05, 3.63) is 77.1 Å². The molecule has 3 aromatic rings. The number of alkyl halides is 3. The summed E-state index contributed by atoms with van der Waals surface area (Å²) >= 11 is 6.03. The molecule has 6 nitrogen and oxygen atoms in total. The Balaban J connectivity index is 2.11. The SMILES string of the molecule is COc1ccc(S(=O)(=O)N(Cc2ccccc2)c2ncc(C(F)(F)F)cc2Cl)cn1. The number of nitrogens with zero attached hydrogens (tertiary/aromatic N) is 3. The van der Waals surface area contributed by atoms with Crippen molar-refractivity contribution in [3.8, 4) is 5.88 Å². The van der Waals surface area contributed by atoms with E-state index in [-0.39, 0.29) is 23.1 Å². The molecule has 0 saturated carbocycles. The number of ether oxygens (including phenoxy) is 1. The van der Waals surface area contributed by atoms with E-state index in [0.717, 1.165) is 10.5 Å². The summed E-state index contributed by atoms with van der Waals surface area (Å²) in [6, 6.07) is 11.8. The van der Waals surface area contributed by atoms with Crippen LogP contribution >= 0.6 is 11.6 Å². The highest BCUT2D eigenvalue weighted by Crippen LogP contribution is 2.35. The van der Waals surface area contributed by atoms with Crippen molar-refractivity contribution < 1.29 is 26.3 Å². The number of halogens is 4. The third kappa shape index (κ3) is 4.65. The number of sulfonamides is 1. The molecule has 0 unspecified atom stereocenters. The first-order valence-corrected chi connectivity index (χ1v) is 10.2. The Labute approximate surface area is 176 Å². The Kier molecular flexibility index (Phi) is 6.18. The van der Waals surface area contributed by atoms with Gasteiger partial charge in [0.05, 0.1) is 30.4 Å². The molecule has 0 bridgehead atoms. The number of benzene rings is 1. The topological polar surface area (TPSA) is 72.4 Å². The fourth-order valence-electron chi connectivity index (χ4n) is 2.56. The summed E-state index contributed by atoms with van der Waals surface area (Å²) < 4.78 is 71.3. The summed E-state index contributed by atoms with van der Waals surface area (Å²) in [6.07, 6.45) is -3.04. The molecule has 0 saturated heterocycles. The van der Waals surface area contributed by atoms with E-state index in [2.05, 4.69) is 9.97 Å². The van der Waals surface area contributed by atoms with Crippen molar-refractivity contribution in [1.29, 1.82) is 0 Å². The van der Waals surface area contributed by atoms with Crippen molar-refractivity contribution >= 4 is 27.4 Å². The van der Waals surface area contributed by atoms with Gasteiger partial charge >= 0.3 is 6.18 Å². The third-order valence-electron chi connectivity index (χ3n) is 4.06. The van der Waals surface area contributed by atoms with Gasteiger partial charge in [0.15, 0.2) is 5.82 Å². The first-order chi connectivity index (χ1) is 14.1. The minimum absolute atomic E-state index is 0.197. The number of hydrogen-bond donors (Lipinski definition) is 0. The van der Waals surface area contributed by atoms with Crippen LogP contribution in [-0.4, -0.2) is 25.5 Å². The van der Waals surface area contributed by atoms with Gasteiger partial charge in [0.1, 0.15) is 4.90 Å². The monoisotopic (exact) mass is 457 g/mol. The second-order valence-electron chi connectivity index (χ2n) is 6.06. The Morgan fingerprint density at radius 2 is 1.77 bits per heavy atom. The van der Waals surface area contributed by atoms with E-state index >= 15 is 0 Å². The molecule has 0 aliphatic heterocycles. The summed E-state index contributed by atoms with van der Waals surface area (Å²) in [4.78, 5) is 7.40. The van der Waals surface area contributed by atoms with Crippen molar-refractivity contribution in [2.75, 3.05) is 11.4 Å². The van der Waals surface area contributed by atoms with Crippen LogP contribution in [0.15, 0.2) is 65.8 Å². The molecular formula is C19H15ClF3N3O3S. The summed E-state index contributed by atoms with van der Waals surface area (Å²) in [5.74, 6) is -0.126. The van der Waals surface area contributed by atoms with E-state index in [1.165, 1.54) is 19.2 Å². The van der Waals surface area contributed by atoms with Crippen molar-refractivity contribution in [1.82, 2.24) is 9.97 Å². The zero-order chi connectivity index (χ0) is 21.9. The molecule has 158 valence electrons. The highest BCUT2D eigenvalue weighted by atomic mass is 35.5. The van der Waals surface area contributed by atoms with Crippen LogP contribution in [0.4, 0.5) is 19.0 Å². The van der Waals surface area contributed by atoms with Crippen LogP contribution in [0.2, 0.25) is 5.02 Å². The van der Waals surface area contributed by atoms with E-state index in [0.29, 0.717) is 17.8 Å². The lowest BCUT2D eigenvalue weighted by Gasteiger charge is -2.25. The standard InChI is InChI=1S/C19H15ClF3N3O3S/c1-29-17-8-7-15(11-24-17)30(27,28)26(12-13-5-3-2-4-6-13)18-16(20)9-14(10-25-18)19(21,22)23/h2-11H,12H2,1H3. The minimum Gasteiger partial charge on any atom is -0.481 e. The molecule has 0 aliphatic carbocycles. The van der Waals surface area contributed by atoms with Crippen LogP contribution in [0.1, 0.15) is 11.1 Å². The number of rotatable bonds is 6. The van der Waals surface area contributed by atoms with Gasteiger partial charge in [-0.3, -0.25) is 0 Å². The van der Waals surface area contributed by atoms with Crippen LogP contribution < -0.4 is 9.04 Å².